The van der Waals surface area contributed by atoms with Crippen LogP contribution >= 0.6 is 0 Å². The molecule has 3 rings (SSSR count). The highest BCUT2D eigenvalue weighted by molar-refractivity contribution is 5.48. The van der Waals surface area contributed by atoms with E-state index in [0.29, 0.717) is 18.5 Å². The lowest BCUT2D eigenvalue weighted by molar-refractivity contribution is 0.192. The first-order valence-electron chi connectivity index (χ1n) is 6.34. The van der Waals surface area contributed by atoms with Gasteiger partial charge in [-0.15, -0.1) is 0 Å². The van der Waals surface area contributed by atoms with Gasteiger partial charge in [0.1, 0.15) is 5.69 Å². The first-order chi connectivity index (χ1) is 8.75. The molecule has 2 aromatic heterocycles. The summed E-state index contributed by atoms with van der Waals surface area (Å²) in [7, 11) is 0. The highest BCUT2D eigenvalue weighted by atomic mass is 16.5. The van der Waals surface area contributed by atoms with E-state index in [-0.39, 0.29) is 5.92 Å². The summed E-state index contributed by atoms with van der Waals surface area (Å²) in [5.41, 5.74) is 0.975. The first-order valence-corrected chi connectivity index (χ1v) is 6.34. The van der Waals surface area contributed by atoms with Crippen LogP contribution in [0.25, 0.3) is 11.6 Å². The lowest BCUT2D eigenvalue weighted by Gasteiger charge is -2.09. The molecule has 0 radical (unpaired) electrons. The van der Waals surface area contributed by atoms with Crippen LogP contribution in [0.4, 0.5) is 0 Å². The summed E-state index contributed by atoms with van der Waals surface area (Å²) >= 11 is 0. The predicted octanol–water partition coefficient (Wildman–Crippen LogP) is 2.62. The lowest BCUT2D eigenvalue weighted by Crippen LogP contribution is -2.02. The van der Waals surface area contributed by atoms with E-state index in [9.17, 15) is 0 Å². The number of aromatic nitrogens is 3. The maximum Gasteiger partial charge on any atom is 0.274 e. The van der Waals surface area contributed by atoms with Crippen LogP contribution in [0, 0.1) is 0 Å². The molecule has 5 heteroatoms. The molecule has 0 bridgehead atoms. The fourth-order valence-corrected chi connectivity index (χ4v) is 2.27. The number of hydrogen-bond acceptors (Lipinski definition) is 4. The summed E-state index contributed by atoms with van der Waals surface area (Å²) in [6.45, 7) is 5.75. The summed E-state index contributed by atoms with van der Waals surface area (Å²) < 4.78 is 12.8. The Morgan fingerprint density at radius 1 is 1.44 bits per heavy atom. The van der Waals surface area contributed by atoms with Crippen LogP contribution in [0.3, 0.4) is 0 Å². The van der Waals surface area contributed by atoms with E-state index in [2.05, 4.69) is 28.6 Å². The van der Waals surface area contributed by atoms with E-state index in [1.54, 1.807) is 0 Å². The molecule has 18 heavy (non-hydrogen) atoms. The molecular formula is C13H17N3O2. The second-order valence-corrected chi connectivity index (χ2v) is 4.91. The minimum absolute atomic E-state index is 0.282. The Morgan fingerprint density at radius 3 is 3.06 bits per heavy atom. The molecule has 1 aliphatic heterocycles. The molecule has 3 heterocycles. The zero-order valence-electron chi connectivity index (χ0n) is 10.7. The van der Waals surface area contributed by atoms with Crippen LogP contribution in [0.1, 0.15) is 38.1 Å². The van der Waals surface area contributed by atoms with E-state index in [0.717, 1.165) is 24.5 Å². The Labute approximate surface area is 106 Å². The summed E-state index contributed by atoms with van der Waals surface area (Å²) in [4.78, 5) is 4.50. The van der Waals surface area contributed by atoms with Gasteiger partial charge >= 0.3 is 0 Å². The van der Waals surface area contributed by atoms with Gasteiger partial charge in [-0.05, 0) is 32.4 Å². The fraction of sp³-hybridized carbons (Fsp3) is 0.538. The minimum atomic E-state index is 0.282. The lowest BCUT2D eigenvalue weighted by atomic mass is 10.1. The van der Waals surface area contributed by atoms with Crippen LogP contribution in [0.5, 0.6) is 0 Å². The number of rotatable bonds is 3. The summed E-state index contributed by atoms with van der Waals surface area (Å²) in [6.07, 6.45) is 3.01. The van der Waals surface area contributed by atoms with E-state index < -0.39 is 0 Å². The molecule has 0 aliphatic carbocycles. The molecule has 1 saturated heterocycles. The third-order valence-electron chi connectivity index (χ3n) is 3.29. The Morgan fingerprint density at radius 2 is 2.33 bits per heavy atom. The van der Waals surface area contributed by atoms with Gasteiger partial charge in [-0.3, -0.25) is 0 Å². The normalized spacial score (nSPS) is 19.8. The average molecular weight is 247 g/mol. The first kappa shape index (κ1) is 11.5. The average Bonchev–Trinajstić information content (AvgIpc) is 3.10. The highest BCUT2D eigenvalue weighted by Crippen LogP contribution is 2.27. The van der Waals surface area contributed by atoms with Crippen molar-refractivity contribution >= 4 is 0 Å². The number of hydrogen-bond donors (Lipinski definition) is 0. The third kappa shape index (κ3) is 1.95. The second kappa shape index (κ2) is 4.57. The molecule has 0 aromatic carbocycles. The van der Waals surface area contributed by atoms with Gasteiger partial charge in [0, 0.05) is 24.8 Å². The molecule has 1 aliphatic rings. The predicted molar refractivity (Wildman–Crippen MR) is 66.3 cm³/mol. The van der Waals surface area contributed by atoms with E-state index in [1.807, 2.05) is 18.3 Å². The molecule has 5 nitrogen and oxygen atoms in total. The Bertz CT molecular complexity index is 524. The third-order valence-corrected chi connectivity index (χ3v) is 3.29. The van der Waals surface area contributed by atoms with Crippen molar-refractivity contribution in [2.24, 2.45) is 0 Å². The molecule has 1 unspecified atom stereocenters. The van der Waals surface area contributed by atoms with Crippen molar-refractivity contribution < 1.29 is 9.26 Å². The Hall–Kier alpha value is -1.62. The molecule has 1 fully saturated rings. The molecule has 0 spiro atoms. The molecule has 2 aromatic rings. The van der Waals surface area contributed by atoms with Crippen LogP contribution in [-0.2, 0) is 4.74 Å². The van der Waals surface area contributed by atoms with Crippen LogP contribution in [0.2, 0.25) is 0 Å². The van der Waals surface area contributed by atoms with Crippen molar-refractivity contribution in [2.75, 3.05) is 13.2 Å². The molecule has 1 atom stereocenters. The monoisotopic (exact) mass is 247 g/mol. The topological polar surface area (TPSA) is 53.1 Å². The van der Waals surface area contributed by atoms with Crippen molar-refractivity contribution in [3.63, 3.8) is 0 Å². The fourth-order valence-electron chi connectivity index (χ4n) is 2.27. The van der Waals surface area contributed by atoms with Crippen LogP contribution in [0.15, 0.2) is 22.9 Å². The van der Waals surface area contributed by atoms with Crippen LogP contribution in [-0.4, -0.2) is 27.9 Å². The smallest absolute Gasteiger partial charge is 0.274 e. The summed E-state index contributed by atoms with van der Waals surface area (Å²) in [5, 5.41) is 4.08. The van der Waals surface area contributed by atoms with E-state index in [4.69, 9.17) is 9.26 Å². The van der Waals surface area contributed by atoms with Gasteiger partial charge < -0.3 is 13.8 Å². The molecule has 0 amide bonds. The zero-order valence-corrected chi connectivity index (χ0v) is 10.7. The van der Waals surface area contributed by atoms with Crippen LogP contribution < -0.4 is 0 Å². The van der Waals surface area contributed by atoms with Crippen molar-refractivity contribution in [3.8, 4) is 11.6 Å². The summed E-state index contributed by atoms with van der Waals surface area (Å²) in [6, 6.07) is 4.38. The summed E-state index contributed by atoms with van der Waals surface area (Å²) in [5.74, 6) is 1.64. The molecular weight excluding hydrogens is 230 g/mol. The minimum Gasteiger partial charge on any atom is -0.381 e. The van der Waals surface area contributed by atoms with Gasteiger partial charge in [0.15, 0.2) is 5.82 Å². The van der Waals surface area contributed by atoms with E-state index >= 15 is 0 Å². The largest absolute Gasteiger partial charge is 0.381 e. The van der Waals surface area contributed by atoms with Gasteiger partial charge in [0.05, 0.1) is 6.61 Å². The second-order valence-electron chi connectivity index (χ2n) is 4.91. The highest BCUT2D eigenvalue weighted by Gasteiger charge is 2.24. The van der Waals surface area contributed by atoms with Gasteiger partial charge in [-0.2, -0.15) is 4.98 Å². The standard InChI is InChI=1S/C13H17N3O2/c1-9(2)16-6-3-4-11(16)13-14-12(15-18-13)10-5-7-17-8-10/h3-4,6,9-10H,5,7-8H2,1-2H3. The van der Waals surface area contributed by atoms with E-state index in [1.165, 1.54) is 0 Å². The Balaban J connectivity index is 1.90. The van der Waals surface area contributed by atoms with Gasteiger partial charge in [-0.25, -0.2) is 0 Å². The van der Waals surface area contributed by atoms with Crippen molar-refractivity contribution in [1.29, 1.82) is 0 Å². The van der Waals surface area contributed by atoms with Gasteiger partial charge in [0.25, 0.3) is 5.89 Å². The maximum atomic E-state index is 5.37. The molecule has 0 saturated carbocycles. The van der Waals surface area contributed by atoms with Crippen molar-refractivity contribution in [2.45, 2.75) is 32.2 Å². The SMILES string of the molecule is CC(C)n1cccc1-c1nc(C2CCOC2)no1. The van der Waals surface area contributed by atoms with Gasteiger partial charge in [0.2, 0.25) is 0 Å². The molecule has 0 N–H and O–H groups in total. The molecule has 96 valence electrons. The number of ether oxygens (including phenoxy) is 1. The quantitative estimate of drug-likeness (QED) is 0.836. The van der Waals surface area contributed by atoms with Crippen molar-refractivity contribution in [1.82, 2.24) is 14.7 Å². The number of nitrogens with zero attached hydrogens (tertiary/aromatic N) is 3. The maximum absolute atomic E-state index is 5.37. The van der Waals surface area contributed by atoms with Crippen molar-refractivity contribution in [3.05, 3.63) is 24.2 Å². The van der Waals surface area contributed by atoms with Gasteiger partial charge in [-0.1, -0.05) is 5.16 Å². The Kier molecular flexibility index (Phi) is 2.91. The zero-order chi connectivity index (χ0) is 12.5.